The second kappa shape index (κ2) is 8.34. The molecule has 3 N–H and O–H groups in total. The summed E-state index contributed by atoms with van der Waals surface area (Å²) in [5, 5.41) is 3.54. The Bertz CT molecular complexity index is 770. The number of guanidine groups is 1. The SMILES string of the molecule is CN=C(NCc1cccc(CN2CCCC(C(N)=O)C2)c1)N1CC(C)(C)C1(C)C. The molecule has 2 aliphatic heterocycles. The Labute approximate surface area is 175 Å². The number of rotatable bonds is 5. The van der Waals surface area contributed by atoms with E-state index >= 15 is 0 Å². The van der Waals surface area contributed by atoms with Crippen molar-refractivity contribution in [1.82, 2.24) is 15.1 Å². The number of aliphatic imine (C=N–C) groups is 1. The van der Waals surface area contributed by atoms with Crippen molar-refractivity contribution in [2.45, 2.75) is 59.2 Å². The molecule has 160 valence electrons. The zero-order valence-electron chi connectivity index (χ0n) is 18.7. The van der Waals surface area contributed by atoms with E-state index in [2.05, 4.69) is 72.1 Å². The zero-order valence-corrected chi connectivity index (χ0v) is 18.7. The number of nitrogens with zero attached hydrogens (tertiary/aromatic N) is 3. The molecule has 1 amide bonds. The van der Waals surface area contributed by atoms with Crippen LogP contribution in [0.5, 0.6) is 0 Å². The van der Waals surface area contributed by atoms with Crippen LogP contribution in [-0.2, 0) is 17.9 Å². The summed E-state index contributed by atoms with van der Waals surface area (Å²) < 4.78 is 0. The van der Waals surface area contributed by atoms with Crippen LogP contribution in [0.25, 0.3) is 0 Å². The third-order valence-electron chi connectivity index (χ3n) is 7.11. The first-order valence-corrected chi connectivity index (χ1v) is 10.7. The summed E-state index contributed by atoms with van der Waals surface area (Å²) in [4.78, 5) is 20.7. The lowest BCUT2D eigenvalue weighted by Gasteiger charge is -2.62. The highest BCUT2D eigenvalue weighted by atomic mass is 16.1. The lowest BCUT2D eigenvalue weighted by atomic mass is 9.65. The molecule has 1 atom stereocenters. The first kappa shape index (κ1) is 21.6. The third kappa shape index (κ3) is 4.58. The van der Waals surface area contributed by atoms with E-state index in [9.17, 15) is 4.79 Å². The maximum Gasteiger partial charge on any atom is 0.221 e. The number of piperidine rings is 1. The summed E-state index contributed by atoms with van der Waals surface area (Å²) in [6.07, 6.45) is 1.95. The van der Waals surface area contributed by atoms with E-state index in [0.29, 0.717) is 0 Å². The molecule has 2 saturated heterocycles. The average molecular weight is 400 g/mol. The molecule has 0 spiro atoms. The summed E-state index contributed by atoms with van der Waals surface area (Å²) in [6, 6.07) is 8.67. The molecule has 6 heteroatoms. The van der Waals surface area contributed by atoms with E-state index in [0.717, 1.165) is 51.5 Å². The smallest absolute Gasteiger partial charge is 0.221 e. The van der Waals surface area contributed by atoms with Gasteiger partial charge in [0.05, 0.1) is 5.92 Å². The number of likely N-dealkylation sites (tertiary alicyclic amines) is 2. The van der Waals surface area contributed by atoms with Crippen molar-refractivity contribution in [3.8, 4) is 0 Å². The van der Waals surface area contributed by atoms with E-state index in [1.165, 1.54) is 11.1 Å². The third-order valence-corrected chi connectivity index (χ3v) is 7.11. The highest BCUT2D eigenvalue weighted by molar-refractivity contribution is 5.82. The van der Waals surface area contributed by atoms with E-state index < -0.39 is 0 Å². The number of hydrogen-bond acceptors (Lipinski definition) is 3. The van der Waals surface area contributed by atoms with Crippen molar-refractivity contribution in [3.63, 3.8) is 0 Å². The van der Waals surface area contributed by atoms with Crippen LogP contribution >= 0.6 is 0 Å². The lowest BCUT2D eigenvalue weighted by molar-refractivity contribution is -0.123. The predicted octanol–water partition coefficient (Wildman–Crippen LogP) is 2.58. The van der Waals surface area contributed by atoms with Gasteiger partial charge in [-0.05, 0) is 44.4 Å². The molecule has 0 saturated carbocycles. The molecule has 1 unspecified atom stereocenters. The lowest BCUT2D eigenvalue weighted by Crippen LogP contribution is -2.72. The van der Waals surface area contributed by atoms with Gasteiger partial charge in [-0.1, -0.05) is 38.1 Å². The van der Waals surface area contributed by atoms with Crippen LogP contribution in [-0.4, -0.2) is 53.9 Å². The minimum Gasteiger partial charge on any atom is -0.369 e. The summed E-state index contributed by atoms with van der Waals surface area (Å²) in [5.41, 5.74) is 8.39. The van der Waals surface area contributed by atoms with Gasteiger partial charge in [0.25, 0.3) is 0 Å². The van der Waals surface area contributed by atoms with Crippen LogP contribution in [0.1, 0.15) is 51.7 Å². The van der Waals surface area contributed by atoms with Crippen LogP contribution in [0.4, 0.5) is 0 Å². The molecule has 2 aliphatic rings. The molecular weight excluding hydrogens is 362 g/mol. The van der Waals surface area contributed by atoms with Crippen molar-refractivity contribution in [2.75, 3.05) is 26.7 Å². The summed E-state index contributed by atoms with van der Waals surface area (Å²) in [6.45, 7) is 13.6. The minimum atomic E-state index is -0.170. The number of amides is 1. The van der Waals surface area contributed by atoms with Gasteiger partial charge in [0.1, 0.15) is 0 Å². The normalized spacial score (nSPS) is 24.1. The minimum absolute atomic E-state index is 0.0129. The van der Waals surface area contributed by atoms with Gasteiger partial charge in [-0.15, -0.1) is 0 Å². The van der Waals surface area contributed by atoms with E-state index in [-0.39, 0.29) is 22.8 Å². The summed E-state index contributed by atoms with van der Waals surface area (Å²) in [5.74, 6) is 0.775. The maximum atomic E-state index is 11.5. The molecule has 0 aliphatic carbocycles. The van der Waals surface area contributed by atoms with Gasteiger partial charge in [0.2, 0.25) is 5.91 Å². The van der Waals surface area contributed by atoms with Crippen LogP contribution in [0.2, 0.25) is 0 Å². The Hall–Kier alpha value is -2.08. The highest BCUT2D eigenvalue weighted by Crippen LogP contribution is 2.46. The molecular formula is C23H37N5O. The van der Waals surface area contributed by atoms with Crippen molar-refractivity contribution in [2.24, 2.45) is 22.1 Å². The molecule has 1 aromatic carbocycles. The predicted molar refractivity (Wildman–Crippen MR) is 118 cm³/mol. The van der Waals surface area contributed by atoms with Gasteiger partial charge in [-0.3, -0.25) is 14.7 Å². The van der Waals surface area contributed by atoms with Crippen LogP contribution in [0.15, 0.2) is 29.3 Å². The van der Waals surface area contributed by atoms with Gasteiger partial charge >= 0.3 is 0 Å². The second-order valence-electron chi connectivity index (χ2n) is 9.73. The first-order valence-electron chi connectivity index (χ1n) is 10.7. The molecule has 0 aromatic heterocycles. The molecule has 0 bridgehead atoms. The highest BCUT2D eigenvalue weighted by Gasteiger charge is 2.53. The van der Waals surface area contributed by atoms with Crippen LogP contribution in [0, 0.1) is 11.3 Å². The molecule has 1 aromatic rings. The largest absolute Gasteiger partial charge is 0.369 e. The topological polar surface area (TPSA) is 74.0 Å². The van der Waals surface area contributed by atoms with E-state index in [1.54, 1.807) is 0 Å². The summed E-state index contributed by atoms with van der Waals surface area (Å²) >= 11 is 0. The van der Waals surface area contributed by atoms with Crippen molar-refractivity contribution < 1.29 is 4.79 Å². The quantitative estimate of drug-likeness (QED) is 0.590. The number of nitrogens with one attached hydrogen (secondary N) is 1. The molecule has 0 radical (unpaired) electrons. The Balaban J connectivity index is 1.58. The number of carbonyl (C=O) groups is 1. The van der Waals surface area contributed by atoms with Crippen LogP contribution in [0.3, 0.4) is 0 Å². The maximum absolute atomic E-state index is 11.5. The van der Waals surface area contributed by atoms with E-state index in [4.69, 9.17) is 5.73 Å². The number of nitrogens with two attached hydrogens (primary N) is 1. The fourth-order valence-corrected chi connectivity index (χ4v) is 4.40. The number of hydrogen-bond donors (Lipinski definition) is 2. The Morgan fingerprint density at radius 3 is 2.62 bits per heavy atom. The van der Waals surface area contributed by atoms with Crippen molar-refractivity contribution in [1.29, 1.82) is 0 Å². The Kier molecular flexibility index (Phi) is 6.22. The van der Waals surface area contributed by atoms with Gasteiger partial charge in [-0.2, -0.15) is 0 Å². The van der Waals surface area contributed by atoms with Crippen molar-refractivity contribution >= 4 is 11.9 Å². The number of primary amides is 1. The van der Waals surface area contributed by atoms with Gasteiger partial charge in [0.15, 0.2) is 5.96 Å². The van der Waals surface area contributed by atoms with E-state index in [1.807, 2.05) is 7.05 Å². The van der Waals surface area contributed by atoms with Gasteiger partial charge in [-0.25, -0.2) is 0 Å². The first-order chi connectivity index (χ1) is 13.6. The second-order valence-corrected chi connectivity index (χ2v) is 9.73. The average Bonchev–Trinajstić information content (AvgIpc) is 2.68. The fraction of sp³-hybridized carbons (Fsp3) is 0.652. The molecule has 2 heterocycles. The number of carbonyl (C=O) groups excluding carboxylic acids is 1. The monoisotopic (exact) mass is 399 g/mol. The fourth-order valence-electron chi connectivity index (χ4n) is 4.40. The molecule has 29 heavy (non-hydrogen) atoms. The Morgan fingerprint density at radius 2 is 2.00 bits per heavy atom. The standard InChI is InChI=1S/C23H37N5O/c1-22(2)16-28(23(22,3)4)21(25-5)26-13-17-8-6-9-18(12-17)14-27-11-7-10-19(15-27)20(24)29/h6,8-9,12,19H,7,10-11,13-16H2,1-5H3,(H2,24,29)(H,25,26). The molecule has 2 fully saturated rings. The molecule has 3 rings (SSSR count). The zero-order chi connectivity index (χ0) is 21.2. The van der Waals surface area contributed by atoms with Crippen LogP contribution < -0.4 is 11.1 Å². The number of benzene rings is 1. The summed E-state index contributed by atoms with van der Waals surface area (Å²) in [7, 11) is 1.85. The Morgan fingerprint density at radius 1 is 1.28 bits per heavy atom. The van der Waals surface area contributed by atoms with Crippen molar-refractivity contribution in [3.05, 3.63) is 35.4 Å². The van der Waals surface area contributed by atoms with Gasteiger partial charge < -0.3 is 16.0 Å². The molecule has 6 nitrogen and oxygen atoms in total. The van der Waals surface area contributed by atoms with Gasteiger partial charge in [0, 0.05) is 44.2 Å².